The van der Waals surface area contributed by atoms with E-state index in [1.165, 1.54) is 0 Å². The molecule has 0 rings (SSSR count). The zero-order valence-electron chi connectivity index (χ0n) is 10.5. The highest BCUT2D eigenvalue weighted by molar-refractivity contribution is 5.75. The van der Waals surface area contributed by atoms with Crippen molar-refractivity contribution in [2.24, 2.45) is 0 Å². The Kier molecular flexibility index (Phi) is 8.33. The molecule has 1 amide bonds. The molecule has 0 N–H and O–H groups in total. The quantitative estimate of drug-likeness (QED) is 0.563. The summed E-state index contributed by atoms with van der Waals surface area (Å²) in [6.07, 6.45) is 1.51. The molecule has 0 bridgehead atoms. The van der Waals surface area contributed by atoms with Crippen LogP contribution in [-0.2, 0) is 9.53 Å². The zero-order valence-corrected chi connectivity index (χ0v) is 10.5. The molecule has 0 fully saturated rings. The lowest BCUT2D eigenvalue weighted by molar-refractivity contribution is -0.131. The fraction of sp³-hybridized carbons (Fsp3) is 0.909. The van der Waals surface area contributed by atoms with Gasteiger partial charge in [-0.2, -0.15) is 0 Å². The van der Waals surface area contributed by atoms with Crippen LogP contribution in [0.4, 0.5) is 0 Å². The summed E-state index contributed by atoms with van der Waals surface area (Å²) < 4.78 is 5.14. The van der Waals surface area contributed by atoms with Crippen molar-refractivity contribution in [3.05, 3.63) is 0 Å². The van der Waals surface area contributed by atoms with Gasteiger partial charge in [0.25, 0.3) is 0 Å². The molecule has 0 saturated heterocycles. The second-order valence-corrected chi connectivity index (χ2v) is 3.92. The summed E-state index contributed by atoms with van der Waals surface area (Å²) >= 11 is 0. The molecule has 0 radical (unpaired) electrons. The standard InChI is InChI=1S/C11H24N2O2/c1-5-15-10-7-11(14)13(4)9-6-8-12(2)3/h5-10H2,1-4H3. The van der Waals surface area contributed by atoms with E-state index in [0.717, 1.165) is 19.5 Å². The first-order valence-electron chi connectivity index (χ1n) is 5.54. The number of nitrogens with zero attached hydrogens (tertiary/aromatic N) is 2. The van der Waals surface area contributed by atoms with Crippen LogP contribution in [0.2, 0.25) is 0 Å². The van der Waals surface area contributed by atoms with E-state index in [1.54, 1.807) is 4.90 Å². The Morgan fingerprint density at radius 1 is 1.20 bits per heavy atom. The molecule has 0 aliphatic heterocycles. The number of amides is 1. The van der Waals surface area contributed by atoms with Gasteiger partial charge < -0.3 is 14.5 Å². The molecular formula is C11H24N2O2. The Hall–Kier alpha value is -0.610. The maximum Gasteiger partial charge on any atom is 0.224 e. The number of ether oxygens (including phenoxy) is 1. The van der Waals surface area contributed by atoms with Gasteiger partial charge in [-0.15, -0.1) is 0 Å². The minimum Gasteiger partial charge on any atom is -0.381 e. The predicted octanol–water partition coefficient (Wildman–Crippen LogP) is 0.823. The van der Waals surface area contributed by atoms with Crippen LogP contribution in [0.1, 0.15) is 19.8 Å². The fourth-order valence-corrected chi connectivity index (χ4v) is 1.24. The molecule has 15 heavy (non-hydrogen) atoms. The topological polar surface area (TPSA) is 32.8 Å². The third-order valence-corrected chi connectivity index (χ3v) is 2.19. The van der Waals surface area contributed by atoms with Crippen molar-refractivity contribution in [1.29, 1.82) is 0 Å². The van der Waals surface area contributed by atoms with Crippen molar-refractivity contribution in [3.63, 3.8) is 0 Å². The average Bonchev–Trinajstić information content (AvgIpc) is 2.17. The molecular weight excluding hydrogens is 192 g/mol. The first-order chi connectivity index (χ1) is 7.07. The molecule has 0 saturated carbocycles. The van der Waals surface area contributed by atoms with Gasteiger partial charge in [0.15, 0.2) is 0 Å². The first kappa shape index (κ1) is 14.4. The van der Waals surface area contributed by atoms with Gasteiger partial charge in [0.05, 0.1) is 13.0 Å². The van der Waals surface area contributed by atoms with E-state index in [0.29, 0.717) is 19.6 Å². The molecule has 0 aliphatic rings. The van der Waals surface area contributed by atoms with Crippen LogP contribution in [0, 0.1) is 0 Å². The van der Waals surface area contributed by atoms with Crippen molar-refractivity contribution < 1.29 is 9.53 Å². The first-order valence-corrected chi connectivity index (χ1v) is 5.54. The maximum absolute atomic E-state index is 11.5. The Bertz CT molecular complexity index is 172. The summed E-state index contributed by atoms with van der Waals surface area (Å²) in [5, 5.41) is 0. The lowest BCUT2D eigenvalue weighted by atomic mass is 10.3. The minimum absolute atomic E-state index is 0.169. The highest BCUT2D eigenvalue weighted by Gasteiger charge is 2.07. The zero-order chi connectivity index (χ0) is 11.7. The molecule has 0 aromatic heterocycles. The van der Waals surface area contributed by atoms with E-state index < -0.39 is 0 Å². The van der Waals surface area contributed by atoms with Gasteiger partial charge in [-0.25, -0.2) is 0 Å². The van der Waals surface area contributed by atoms with Crippen LogP contribution in [0.15, 0.2) is 0 Å². The number of carbonyl (C=O) groups is 1. The summed E-state index contributed by atoms with van der Waals surface area (Å²) in [7, 11) is 5.93. The minimum atomic E-state index is 0.169. The molecule has 0 atom stereocenters. The van der Waals surface area contributed by atoms with Gasteiger partial charge in [-0.3, -0.25) is 4.79 Å². The second kappa shape index (κ2) is 8.68. The third-order valence-electron chi connectivity index (χ3n) is 2.19. The van der Waals surface area contributed by atoms with Crippen LogP contribution in [0.25, 0.3) is 0 Å². The summed E-state index contributed by atoms with van der Waals surface area (Å²) in [4.78, 5) is 15.4. The van der Waals surface area contributed by atoms with Gasteiger partial charge in [0.2, 0.25) is 5.91 Å². The van der Waals surface area contributed by atoms with Gasteiger partial charge >= 0.3 is 0 Å². The van der Waals surface area contributed by atoms with Crippen molar-refractivity contribution in [1.82, 2.24) is 9.80 Å². The molecule has 0 spiro atoms. The van der Waals surface area contributed by atoms with Crippen molar-refractivity contribution >= 4 is 5.91 Å². The normalized spacial score (nSPS) is 10.7. The van der Waals surface area contributed by atoms with Crippen LogP contribution in [0.3, 0.4) is 0 Å². The molecule has 0 aromatic carbocycles. The molecule has 4 nitrogen and oxygen atoms in total. The second-order valence-electron chi connectivity index (χ2n) is 3.92. The molecule has 0 heterocycles. The highest BCUT2D eigenvalue weighted by atomic mass is 16.5. The van der Waals surface area contributed by atoms with E-state index in [1.807, 2.05) is 28.1 Å². The van der Waals surface area contributed by atoms with Gasteiger partial charge in [0.1, 0.15) is 0 Å². The Morgan fingerprint density at radius 3 is 2.40 bits per heavy atom. The Labute approximate surface area is 93.2 Å². The molecule has 90 valence electrons. The monoisotopic (exact) mass is 216 g/mol. The summed E-state index contributed by atoms with van der Waals surface area (Å²) in [5.74, 6) is 0.169. The largest absolute Gasteiger partial charge is 0.381 e. The summed E-state index contributed by atoms with van der Waals surface area (Å²) in [6, 6.07) is 0. The van der Waals surface area contributed by atoms with Crippen molar-refractivity contribution in [2.45, 2.75) is 19.8 Å². The van der Waals surface area contributed by atoms with Crippen LogP contribution in [0.5, 0.6) is 0 Å². The number of hydrogen-bond donors (Lipinski definition) is 0. The SMILES string of the molecule is CCOCCC(=O)N(C)CCCN(C)C. The summed E-state index contributed by atoms with van der Waals surface area (Å²) in [6.45, 7) is 4.99. The van der Waals surface area contributed by atoms with Gasteiger partial charge in [-0.05, 0) is 34.0 Å². The average molecular weight is 216 g/mol. The lowest BCUT2D eigenvalue weighted by Gasteiger charge is -2.18. The van der Waals surface area contributed by atoms with Crippen molar-refractivity contribution in [2.75, 3.05) is 47.4 Å². The highest BCUT2D eigenvalue weighted by Crippen LogP contribution is 1.94. The molecule has 0 aromatic rings. The van der Waals surface area contributed by atoms with E-state index >= 15 is 0 Å². The fourth-order valence-electron chi connectivity index (χ4n) is 1.24. The molecule has 4 heteroatoms. The van der Waals surface area contributed by atoms with E-state index in [4.69, 9.17) is 4.74 Å². The third kappa shape index (κ3) is 8.39. The molecule has 0 aliphatic carbocycles. The number of rotatable bonds is 8. The number of hydrogen-bond acceptors (Lipinski definition) is 3. The van der Waals surface area contributed by atoms with Crippen LogP contribution >= 0.6 is 0 Å². The van der Waals surface area contributed by atoms with Crippen LogP contribution < -0.4 is 0 Å². The Balaban J connectivity index is 3.51. The lowest BCUT2D eigenvalue weighted by Crippen LogP contribution is -2.30. The van der Waals surface area contributed by atoms with E-state index in [2.05, 4.69) is 4.90 Å². The smallest absolute Gasteiger partial charge is 0.224 e. The van der Waals surface area contributed by atoms with E-state index in [9.17, 15) is 4.79 Å². The van der Waals surface area contributed by atoms with Gasteiger partial charge in [-0.1, -0.05) is 0 Å². The van der Waals surface area contributed by atoms with Crippen LogP contribution in [-0.4, -0.2) is 63.2 Å². The summed E-state index contributed by atoms with van der Waals surface area (Å²) in [5.41, 5.74) is 0. The predicted molar refractivity (Wildman–Crippen MR) is 61.9 cm³/mol. The maximum atomic E-state index is 11.5. The van der Waals surface area contributed by atoms with E-state index in [-0.39, 0.29) is 5.91 Å². The molecule has 0 unspecified atom stereocenters. The number of carbonyl (C=O) groups excluding carboxylic acids is 1. The van der Waals surface area contributed by atoms with Crippen molar-refractivity contribution in [3.8, 4) is 0 Å². The van der Waals surface area contributed by atoms with Gasteiger partial charge in [0, 0.05) is 20.2 Å². The Morgan fingerprint density at radius 2 is 1.87 bits per heavy atom.